The summed E-state index contributed by atoms with van der Waals surface area (Å²) in [5.41, 5.74) is 2.54. The molecule has 6 nitrogen and oxygen atoms in total. The number of thiazole rings is 1. The van der Waals surface area contributed by atoms with Crippen LogP contribution in [0.1, 0.15) is 21.8 Å². The van der Waals surface area contributed by atoms with Crippen molar-refractivity contribution >= 4 is 34.0 Å². The van der Waals surface area contributed by atoms with E-state index in [-0.39, 0.29) is 5.91 Å². The number of hydrogen-bond donors (Lipinski definition) is 1. The van der Waals surface area contributed by atoms with Gasteiger partial charge in [0.25, 0.3) is 5.91 Å². The van der Waals surface area contributed by atoms with Crippen LogP contribution in [0.5, 0.6) is 5.75 Å². The zero-order valence-corrected chi connectivity index (χ0v) is 14.8. The third kappa shape index (κ3) is 3.13. The highest BCUT2D eigenvalue weighted by molar-refractivity contribution is 7.14. The van der Waals surface area contributed by atoms with Crippen LogP contribution in [-0.4, -0.2) is 23.2 Å². The highest BCUT2D eigenvalue weighted by Crippen LogP contribution is 2.32. The van der Waals surface area contributed by atoms with Crippen LogP contribution in [0.25, 0.3) is 11.3 Å². The fourth-order valence-corrected chi connectivity index (χ4v) is 3.23. The molecule has 24 heavy (non-hydrogen) atoms. The van der Waals surface area contributed by atoms with Crippen molar-refractivity contribution in [2.24, 2.45) is 0 Å². The zero-order valence-electron chi connectivity index (χ0n) is 13.2. The van der Waals surface area contributed by atoms with Gasteiger partial charge in [0, 0.05) is 10.9 Å². The normalized spacial score (nSPS) is 10.7. The van der Waals surface area contributed by atoms with Crippen LogP contribution in [0.4, 0.5) is 5.13 Å². The van der Waals surface area contributed by atoms with Crippen molar-refractivity contribution in [2.45, 2.75) is 13.8 Å². The molecule has 124 valence electrons. The Balaban J connectivity index is 1.81. The molecule has 1 aromatic carbocycles. The van der Waals surface area contributed by atoms with E-state index in [1.54, 1.807) is 33.1 Å². The SMILES string of the molecule is COc1ccc(-c2csc(NC(=O)c3c(C)noc3C)n2)cc1Cl. The second-order valence-corrected chi connectivity index (χ2v) is 6.31. The molecule has 0 bridgehead atoms. The summed E-state index contributed by atoms with van der Waals surface area (Å²) in [6.07, 6.45) is 0. The zero-order chi connectivity index (χ0) is 17.3. The van der Waals surface area contributed by atoms with Crippen LogP contribution in [0, 0.1) is 13.8 Å². The summed E-state index contributed by atoms with van der Waals surface area (Å²) in [5, 5.41) is 9.38. The standard InChI is InChI=1S/C16H14ClN3O3S/c1-8-14(9(2)23-20-8)15(21)19-16-18-12(7-24-16)10-4-5-13(22-3)11(17)6-10/h4-7H,1-3H3,(H,18,19,21). The Hall–Kier alpha value is -2.38. The van der Waals surface area contributed by atoms with E-state index in [2.05, 4.69) is 15.5 Å². The second kappa shape index (κ2) is 6.62. The van der Waals surface area contributed by atoms with Gasteiger partial charge in [-0.1, -0.05) is 16.8 Å². The minimum absolute atomic E-state index is 0.292. The Morgan fingerprint density at radius 2 is 2.17 bits per heavy atom. The number of nitrogens with zero attached hydrogens (tertiary/aromatic N) is 2. The first-order valence-corrected chi connectivity index (χ1v) is 8.29. The highest BCUT2D eigenvalue weighted by atomic mass is 35.5. The molecule has 0 saturated carbocycles. The molecular weight excluding hydrogens is 350 g/mol. The van der Waals surface area contributed by atoms with E-state index in [9.17, 15) is 4.79 Å². The van der Waals surface area contributed by atoms with E-state index in [0.29, 0.717) is 32.9 Å². The summed E-state index contributed by atoms with van der Waals surface area (Å²) in [5.74, 6) is 0.784. The number of rotatable bonds is 4. The van der Waals surface area contributed by atoms with E-state index in [4.69, 9.17) is 20.9 Å². The van der Waals surface area contributed by atoms with E-state index < -0.39 is 0 Å². The average molecular weight is 364 g/mol. The van der Waals surface area contributed by atoms with Crippen molar-refractivity contribution in [3.8, 4) is 17.0 Å². The molecule has 0 saturated heterocycles. The van der Waals surface area contributed by atoms with Crippen molar-refractivity contribution < 1.29 is 14.1 Å². The van der Waals surface area contributed by atoms with Gasteiger partial charge >= 0.3 is 0 Å². The summed E-state index contributed by atoms with van der Waals surface area (Å²) in [6, 6.07) is 5.41. The average Bonchev–Trinajstić information content (AvgIpc) is 3.14. The van der Waals surface area contributed by atoms with Crippen LogP contribution in [0.3, 0.4) is 0 Å². The number of aromatic nitrogens is 2. The number of carbonyl (C=O) groups is 1. The molecule has 8 heteroatoms. The lowest BCUT2D eigenvalue weighted by Gasteiger charge is -2.04. The number of carbonyl (C=O) groups excluding carboxylic acids is 1. The Morgan fingerprint density at radius 1 is 1.38 bits per heavy atom. The van der Waals surface area contributed by atoms with Crippen LogP contribution >= 0.6 is 22.9 Å². The van der Waals surface area contributed by atoms with Crippen LogP contribution < -0.4 is 10.1 Å². The van der Waals surface area contributed by atoms with Gasteiger partial charge in [-0.3, -0.25) is 10.1 Å². The van der Waals surface area contributed by atoms with Gasteiger partial charge in [-0.05, 0) is 32.0 Å². The van der Waals surface area contributed by atoms with Crippen molar-refractivity contribution in [1.82, 2.24) is 10.1 Å². The minimum Gasteiger partial charge on any atom is -0.495 e. The van der Waals surface area contributed by atoms with Gasteiger partial charge in [-0.15, -0.1) is 11.3 Å². The summed E-state index contributed by atoms with van der Waals surface area (Å²) in [7, 11) is 1.56. The summed E-state index contributed by atoms with van der Waals surface area (Å²) < 4.78 is 10.1. The molecule has 0 radical (unpaired) electrons. The maximum Gasteiger partial charge on any atom is 0.262 e. The predicted molar refractivity (Wildman–Crippen MR) is 93.0 cm³/mol. The second-order valence-electron chi connectivity index (χ2n) is 5.04. The van der Waals surface area contributed by atoms with Gasteiger partial charge < -0.3 is 9.26 Å². The lowest BCUT2D eigenvalue weighted by atomic mass is 10.2. The molecule has 0 aliphatic heterocycles. The molecule has 0 aliphatic carbocycles. The van der Waals surface area contributed by atoms with Crippen LogP contribution in [0.2, 0.25) is 5.02 Å². The molecule has 0 aliphatic rings. The number of anilines is 1. The van der Waals surface area contributed by atoms with E-state index in [0.717, 1.165) is 11.3 Å². The third-order valence-corrected chi connectivity index (χ3v) is 4.49. The van der Waals surface area contributed by atoms with Crippen molar-refractivity contribution in [3.63, 3.8) is 0 Å². The number of benzene rings is 1. The summed E-state index contributed by atoms with van der Waals surface area (Å²) in [4.78, 5) is 16.7. The van der Waals surface area contributed by atoms with Gasteiger partial charge in [0.1, 0.15) is 17.1 Å². The third-order valence-electron chi connectivity index (χ3n) is 3.43. The topological polar surface area (TPSA) is 77.2 Å². The maximum absolute atomic E-state index is 12.3. The number of halogens is 1. The highest BCUT2D eigenvalue weighted by Gasteiger charge is 2.19. The lowest BCUT2D eigenvalue weighted by Crippen LogP contribution is -2.13. The van der Waals surface area contributed by atoms with Gasteiger partial charge in [0.2, 0.25) is 0 Å². The molecule has 0 atom stereocenters. The fraction of sp³-hybridized carbons (Fsp3) is 0.188. The summed E-state index contributed by atoms with van der Waals surface area (Å²) in [6.45, 7) is 3.42. The van der Waals surface area contributed by atoms with E-state index in [1.165, 1.54) is 11.3 Å². The monoisotopic (exact) mass is 363 g/mol. The Bertz CT molecular complexity index is 884. The smallest absolute Gasteiger partial charge is 0.262 e. The number of ether oxygens (including phenoxy) is 1. The molecular formula is C16H14ClN3O3S. The molecule has 3 rings (SSSR count). The van der Waals surface area contributed by atoms with Gasteiger partial charge in [0.05, 0.1) is 23.5 Å². The molecule has 0 fully saturated rings. The van der Waals surface area contributed by atoms with Gasteiger partial charge in [0.15, 0.2) is 5.13 Å². The van der Waals surface area contributed by atoms with E-state index in [1.807, 2.05) is 11.4 Å². The quantitative estimate of drug-likeness (QED) is 0.746. The first-order valence-electron chi connectivity index (χ1n) is 7.03. The molecule has 3 aromatic rings. The van der Waals surface area contributed by atoms with Crippen LogP contribution in [-0.2, 0) is 0 Å². The maximum atomic E-state index is 12.3. The predicted octanol–water partition coefficient (Wildman–Crippen LogP) is 4.33. The minimum atomic E-state index is -0.292. The Labute approximate surface area is 147 Å². The molecule has 2 aromatic heterocycles. The lowest BCUT2D eigenvalue weighted by molar-refractivity contribution is 0.102. The molecule has 0 unspecified atom stereocenters. The Kier molecular flexibility index (Phi) is 4.55. The summed E-state index contributed by atoms with van der Waals surface area (Å²) >= 11 is 7.47. The van der Waals surface area contributed by atoms with Crippen LogP contribution in [0.15, 0.2) is 28.1 Å². The van der Waals surface area contributed by atoms with E-state index >= 15 is 0 Å². The van der Waals surface area contributed by atoms with Crippen molar-refractivity contribution in [1.29, 1.82) is 0 Å². The van der Waals surface area contributed by atoms with Crippen molar-refractivity contribution in [2.75, 3.05) is 12.4 Å². The number of methoxy groups -OCH3 is 1. The first kappa shape index (κ1) is 16.5. The van der Waals surface area contributed by atoms with Crippen molar-refractivity contribution in [3.05, 3.63) is 45.6 Å². The first-order chi connectivity index (χ1) is 11.5. The van der Waals surface area contributed by atoms with Gasteiger partial charge in [-0.25, -0.2) is 4.98 Å². The molecule has 1 N–H and O–H groups in total. The largest absolute Gasteiger partial charge is 0.495 e. The fourth-order valence-electron chi connectivity index (χ4n) is 2.26. The molecule has 2 heterocycles. The van der Waals surface area contributed by atoms with Gasteiger partial charge in [-0.2, -0.15) is 0 Å². The number of hydrogen-bond acceptors (Lipinski definition) is 6. The number of aryl methyl sites for hydroxylation is 2. The Morgan fingerprint density at radius 3 is 2.79 bits per heavy atom. The number of nitrogens with one attached hydrogen (secondary N) is 1. The molecule has 0 spiro atoms. The number of amides is 1. The molecule has 1 amide bonds.